The molecule has 0 spiro atoms. The van der Waals surface area contributed by atoms with E-state index in [4.69, 9.17) is 5.73 Å². The van der Waals surface area contributed by atoms with Gasteiger partial charge in [0.1, 0.15) is 23.0 Å². The third-order valence-electron chi connectivity index (χ3n) is 2.25. The lowest BCUT2D eigenvalue weighted by Crippen LogP contribution is -2.45. The molecular formula is C11H19N5O. The maximum Gasteiger partial charge on any atom is 0.242 e. The van der Waals surface area contributed by atoms with Gasteiger partial charge in [-0.05, 0) is 27.7 Å². The van der Waals surface area contributed by atoms with E-state index in [0.717, 1.165) is 12.4 Å². The molecule has 0 saturated heterocycles. The van der Waals surface area contributed by atoms with Crippen LogP contribution in [0, 0.1) is 6.92 Å². The third-order valence-corrected chi connectivity index (χ3v) is 2.25. The summed E-state index contributed by atoms with van der Waals surface area (Å²) in [7, 11) is 0. The molecule has 1 amide bonds. The van der Waals surface area contributed by atoms with Gasteiger partial charge in [-0.1, -0.05) is 0 Å². The summed E-state index contributed by atoms with van der Waals surface area (Å²) in [6.45, 7) is 7.97. The van der Waals surface area contributed by atoms with Crippen LogP contribution < -0.4 is 16.4 Å². The van der Waals surface area contributed by atoms with E-state index >= 15 is 0 Å². The van der Waals surface area contributed by atoms with Gasteiger partial charge in [-0.3, -0.25) is 4.79 Å². The lowest BCUT2D eigenvalue weighted by atomic mass is 10.1. The molecule has 0 saturated carbocycles. The zero-order chi connectivity index (χ0) is 13.1. The topological polar surface area (TPSA) is 92.9 Å². The Bertz CT molecular complexity index is 416. The van der Waals surface area contributed by atoms with E-state index in [1.165, 1.54) is 0 Å². The Hall–Kier alpha value is -1.85. The zero-order valence-electron chi connectivity index (χ0n) is 10.7. The molecule has 0 aromatic carbocycles. The first kappa shape index (κ1) is 13.2. The van der Waals surface area contributed by atoms with Gasteiger partial charge in [0, 0.05) is 12.6 Å². The summed E-state index contributed by atoms with van der Waals surface area (Å²) in [5, 5.41) is 6.09. The SMILES string of the molecule is CCNc1cc(NC(C)(C)C(N)=O)nc(C)n1. The summed E-state index contributed by atoms with van der Waals surface area (Å²) in [6, 6.07) is 1.75. The van der Waals surface area contributed by atoms with Crippen molar-refractivity contribution < 1.29 is 4.79 Å². The lowest BCUT2D eigenvalue weighted by Gasteiger charge is -2.23. The van der Waals surface area contributed by atoms with Gasteiger partial charge in [0.15, 0.2) is 0 Å². The molecule has 0 unspecified atom stereocenters. The Kier molecular flexibility index (Phi) is 3.88. The van der Waals surface area contributed by atoms with Gasteiger partial charge in [0.05, 0.1) is 0 Å². The minimum absolute atomic E-state index is 0.432. The summed E-state index contributed by atoms with van der Waals surface area (Å²) < 4.78 is 0. The van der Waals surface area contributed by atoms with Crippen LogP contribution in [0.15, 0.2) is 6.07 Å². The Morgan fingerprint density at radius 1 is 1.41 bits per heavy atom. The van der Waals surface area contributed by atoms with Gasteiger partial charge in [0.2, 0.25) is 5.91 Å². The van der Waals surface area contributed by atoms with Crippen molar-refractivity contribution in [3.63, 3.8) is 0 Å². The number of primary amides is 1. The summed E-state index contributed by atoms with van der Waals surface area (Å²) in [6.07, 6.45) is 0. The van der Waals surface area contributed by atoms with Gasteiger partial charge in [-0.25, -0.2) is 9.97 Å². The van der Waals surface area contributed by atoms with Crippen molar-refractivity contribution in [2.24, 2.45) is 5.73 Å². The normalized spacial score (nSPS) is 11.1. The second-order valence-corrected chi connectivity index (χ2v) is 4.33. The predicted octanol–water partition coefficient (Wildman–Crippen LogP) is 0.893. The number of nitrogens with one attached hydrogen (secondary N) is 2. The van der Waals surface area contributed by atoms with Crippen molar-refractivity contribution >= 4 is 17.5 Å². The van der Waals surface area contributed by atoms with Crippen LogP contribution >= 0.6 is 0 Å². The molecule has 6 heteroatoms. The molecule has 0 aliphatic heterocycles. The summed E-state index contributed by atoms with van der Waals surface area (Å²) in [5.74, 6) is 1.50. The molecule has 0 atom stereocenters. The molecule has 1 aromatic heterocycles. The van der Waals surface area contributed by atoms with E-state index in [-0.39, 0.29) is 0 Å². The number of nitrogens with zero attached hydrogens (tertiary/aromatic N) is 2. The molecule has 94 valence electrons. The van der Waals surface area contributed by atoms with Gasteiger partial charge in [-0.2, -0.15) is 0 Å². The minimum atomic E-state index is -0.843. The molecule has 1 aromatic rings. The van der Waals surface area contributed by atoms with Gasteiger partial charge in [-0.15, -0.1) is 0 Å². The zero-order valence-corrected chi connectivity index (χ0v) is 10.7. The van der Waals surface area contributed by atoms with E-state index in [1.807, 2.05) is 6.92 Å². The smallest absolute Gasteiger partial charge is 0.242 e. The van der Waals surface area contributed by atoms with E-state index in [9.17, 15) is 4.79 Å². The van der Waals surface area contributed by atoms with Crippen LogP contribution in [0.5, 0.6) is 0 Å². The first-order valence-corrected chi connectivity index (χ1v) is 5.53. The molecule has 0 fully saturated rings. The van der Waals surface area contributed by atoms with E-state index < -0.39 is 11.4 Å². The number of anilines is 2. The fourth-order valence-corrected chi connectivity index (χ4v) is 1.29. The van der Waals surface area contributed by atoms with Crippen molar-refractivity contribution in [1.82, 2.24) is 9.97 Å². The molecule has 0 aliphatic rings. The first-order valence-electron chi connectivity index (χ1n) is 5.53. The maximum absolute atomic E-state index is 11.2. The number of amides is 1. The first-order chi connectivity index (χ1) is 7.85. The van der Waals surface area contributed by atoms with Crippen molar-refractivity contribution in [3.05, 3.63) is 11.9 Å². The molecule has 0 radical (unpaired) electrons. The Balaban J connectivity index is 2.95. The van der Waals surface area contributed by atoms with Crippen molar-refractivity contribution in [3.8, 4) is 0 Å². The number of aromatic nitrogens is 2. The predicted molar refractivity (Wildman–Crippen MR) is 67.8 cm³/mol. The van der Waals surface area contributed by atoms with Crippen LogP contribution in [-0.4, -0.2) is 28.0 Å². The van der Waals surface area contributed by atoms with Crippen LogP contribution in [-0.2, 0) is 4.79 Å². The highest BCUT2D eigenvalue weighted by Gasteiger charge is 2.25. The van der Waals surface area contributed by atoms with Crippen LogP contribution in [0.3, 0.4) is 0 Å². The number of nitrogens with two attached hydrogens (primary N) is 1. The molecule has 0 aliphatic carbocycles. The Morgan fingerprint density at radius 2 is 2.00 bits per heavy atom. The fraction of sp³-hybridized carbons (Fsp3) is 0.545. The quantitative estimate of drug-likeness (QED) is 0.707. The van der Waals surface area contributed by atoms with E-state index in [1.54, 1.807) is 26.8 Å². The molecule has 17 heavy (non-hydrogen) atoms. The fourth-order valence-electron chi connectivity index (χ4n) is 1.29. The van der Waals surface area contributed by atoms with Crippen LogP contribution in [0.4, 0.5) is 11.6 Å². The minimum Gasteiger partial charge on any atom is -0.370 e. The number of carbonyl (C=O) groups is 1. The van der Waals surface area contributed by atoms with E-state index in [0.29, 0.717) is 11.6 Å². The standard InChI is InChI=1S/C11H19N5O/c1-5-13-8-6-9(15-7(2)14-8)16-11(3,4)10(12)17/h6H,5H2,1-4H3,(H2,12,17)(H2,13,14,15,16). The van der Waals surface area contributed by atoms with Gasteiger partial charge in [0.25, 0.3) is 0 Å². The Labute approximate surface area is 101 Å². The highest BCUT2D eigenvalue weighted by Crippen LogP contribution is 2.16. The number of rotatable bonds is 5. The van der Waals surface area contributed by atoms with Gasteiger partial charge >= 0.3 is 0 Å². The second kappa shape index (κ2) is 4.99. The van der Waals surface area contributed by atoms with Crippen molar-refractivity contribution in [1.29, 1.82) is 0 Å². The highest BCUT2D eigenvalue weighted by atomic mass is 16.1. The molecule has 4 N–H and O–H groups in total. The number of hydrogen-bond donors (Lipinski definition) is 3. The second-order valence-electron chi connectivity index (χ2n) is 4.33. The van der Waals surface area contributed by atoms with Crippen LogP contribution in [0.2, 0.25) is 0 Å². The summed E-state index contributed by atoms with van der Waals surface area (Å²) in [5.41, 5.74) is 4.45. The monoisotopic (exact) mass is 237 g/mol. The average molecular weight is 237 g/mol. The van der Waals surface area contributed by atoms with Crippen molar-refractivity contribution in [2.45, 2.75) is 33.2 Å². The van der Waals surface area contributed by atoms with E-state index in [2.05, 4.69) is 20.6 Å². The lowest BCUT2D eigenvalue weighted by molar-refractivity contribution is -0.121. The molecule has 6 nitrogen and oxygen atoms in total. The van der Waals surface area contributed by atoms with Crippen LogP contribution in [0.25, 0.3) is 0 Å². The molecule has 1 heterocycles. The summed E-state index contributed by atoms with van der Waals surface area (Å²) in [4.78, 5) is 19.7. The number of aryl methyl sites for hydroxylation is 1. The molecular weight excluding hydrogens is 218 g/mol. The molecule has 1 rings (SSSR count). The van der Waals surface area contributed by atoms with Crippen molar-refractivity contribution in [2.75, 3.05) is 17.2 Å². The largest absolute Gasteiger partial charge is 0.370 e. The maximum atomic E-state index is 11.2. The Morgan fingerprint density at radius 3 is 2.53 bits per heavy atom. The average Bonchev–Trinajstić information content (AvgIpc) is 2.15. The van der Waals surface area contributed by atoms with Crippen LogP contribution in [0.1, 0.15) is 26.6 Å². The van der Waals surface area contributed by atoms with Gasteiger partial charge < -0.3 is 16.4 Å². The number of hydrogen-bond acceptors (Lipinski definition) is 5. The summed E-state index contributed by atoms with van der Waals surface area (Å²) >= 11 is 0. The highest BCUT2D eigenvalue weighted by molar-refractivity contribution is 5.86. The molecule has 0 bridgehead atoms. The third kappa shape index (κ3) is 3.58. The number of carbonyl (C=O) groups excluding carboxylic acids is 1.